The minimum atomic E-state index is -0.745. The van der Waals surface area contributed by atoms with Crippen LogP contribution < -0.4 is 0 Å². The Kier molecular flexibility index (Phi) is 134. The summed E-state index contributed by atoms with van der Waals surface area (Å²) in [6.45, 7) is 1.60. The second-order valence-electron chi connectivity index (χ2n) is 0.747. The van der Waals surface area contributed by atoms with Gasteiger partial charge in [-0.15, -0.1) is 49.6 Å². The zero-order valence-corrected chi connectivity index (χ0v) is 10.0. The second-order valence-corrected chi connectivity index (χ2v) is 0.747. The number of aliphatic carboxylic acids is 1. The van der Waals surface area contributed by atoms with Crippen molar-refractivity contribution in [1.82, 2.24) is 0 Å². The smallest absolute Gasteiger partial charge is 0.303 e. The summed E-state index contributed by atoms with van der Waals surface area (Å²) in [6, 6.07) is 0. The number of halogens is 4. The Labute approximate surface area is 100 Å². The van der Waals surface area contributed by atoms with E-state index in [1.54, 1.807) is 6.92 Å². The maximum absolute atomic E-state index is 9.37. The summed E-state index contributed by atoms with van der Waals surface area (Å²) in [7, 11) is 0. The van der Waals surface area contributed by atoms with Crippen molar-refractivity contribution in [3.05, 3.63) is 0 Å². The molecule has 0 aromatic carbocycles. The standard InChI is InChI=1S/C3H6O2.4ClH.Ti/c1-2-3(4)5;;;;;/h2H2,1H3,(H,4,5);4*1H;. The molecule has 7 heteroatoms. The van der Waals surface area contributed by atoms with Crippen LogP contribution in [0.4, 0.5) is 0 Å². The molecule has 0 unspecified atom stereocenters. The van der Waals surface area contributed by atoms with E-state index in [1.807, 2.05) is 0 Å². The van der Waals surface area contributed by atoms with Crippen LogP contribution in [0.3, 0.4) is 0 Å². The number of rotatable bonds is 1. The quantitative estimate of drug-likeness (QED) is 0.740. The molecule has 0 aliphatic rings. The molecule has 0 saturated carbocycles. The first-order valence-electron chi connectivity index (χ1n) is 1.49. The van der Waals surface area contributed by atoms with Gasteiger partial charge in [-0.3, -0.25) is 4.79 Å². The molecule has 0 aliphatic carbocycles. The molecular formula is C3H10Cl4O2Ti. The third-order valence-electron chi connectivity index (χ3n) is 0.302. The summed E-state index contributed by atoms with van der Waals surface area (Å²) < 4.78 is 0. The van der Waals surface area contributed by atoms with Crippen LogP contribution in [0, 0.1) is 0 Å². The molecule has 0 aromatic heterocycles. The SMILES string of the molecule is CCC(=O)O.Cl.Cl.Cl.Cl.[Ti]. The molecule has 0 aliphatic heterocycles. The maximum atomic E-state index is 9.37. The van der Waals surface area contributed by atoms with Crippen molar-refractivity contribution < 1.29 is 31.6 Å². The van der Waals surface area contributed by atoms with Crippen LogP contribution in [0.1, 0.15) is 13.3 Å². The van der Waals surface area contributed by atoms with Gasteiger partial charge in [0.05, 0.1) is 0 Å². The molecule has 0 aromatic rings. The predicted molar refractivity (Wildman–Crippen MR) is 46.9 cm³/mol. The zero-order valence-electron chi connectivity index (χ0n) is 5.20. The van der Waals surface area contributed by atoms with Gasteiger partial charge in [-0.2, -0.15) is 0 Å². The Morgan fingerprint density at radius 1 is 1.20 bits per heavy atom. The van der Waals surface area contributed by atoms with Crippen LogP contribution >= 0.6 is 49.6 Å². The first-order valence-corrected chi connectivity index (χ1v) is 1.49. The van der Waals surface area contributed by atoms with E-state index in [9.17, 15) is 4.79 Å². The van der Waals surface area contributed by atoms with Crippen LogP contribution in [0.5, 0.6) is 0 Å². The Hall–Kier alpha value is 1.34. The summed E-state index contributed by atoms with van der Waals surface area (Å²) in [5.41, 5.74) is 0. The van der Waals surface area contributed by atoms with Crippen molar-refractivity contribution in [3.63, 3.8) is 0 Å². The van der Waals surface area contributed by atoms with Crippen molar-refractivity contribution in [2.75, 3.05) is 0 Å². The van der Waals surface area contributed by atoms with Gasteiger partial charge in [0, 0.05) is 28.1 Å². The van der Waals surface area contributed by atoms with Gasteiger partial charge < -0.3 is 5.11 Å². The van der Waals surface area contributed by atoms with E-state index in [0.29, 0.717) is 0 Å². The average molecular weight is 268 g/mol. The minimum absolute atomic E-state index is 0. The molecular weight excluding hydrogens is 258 g/mol. The molecule has 0 saturated heterocycles. The van der Waals surface area contributed by atoms with Crippen molar-refractivity contribution >= 4 is 55.6 Å². The van der Waals surface area contributed by atoms with Gasteiger partial charge in [-0.25, -0.2) is 0 Å². The molecule has 0 spiro atoms. The Morgan fingerprint density at radius 3 is 1.30 bits per heavy atom. The fourth-order valence-corrected chi connectivity index (χ4v) is 0. The van der Waals surface area contributed by atoms with Crippen molar-refractivity contribution in [1.29, 1.82) is 0 Å². The van der Waals surface area contributed by atoms with Gasteiger partial charge in [-0.1, -0.05) is 6.92 Å². The molecule has 0 bridgehead atoms. The molecule has 0 amide bonds. The fraction of sp³-hybridized carbons (Fsp3) is 0.667. The number of carboxylic acid groups (broad SMARTS) is 1. The number of hydrogen-bond donors (Lipinski definition) is 1. The third kappa shape index (κ3) is 58.2. The largest absolute Gasteiger partial charge is 0.481 e. The number of hydrogen-bond acceptors (Lipinski definition) is 1. The zero-order chi connectivity index (χ0) is 4.28. The first kappa shape index (κ1) is 42.5. The van der Waals surface area contributed by atoms with Crippen molar-refractivity contribution in [3.8, 4) is 0 Å². The van der Waals surface area contributed by atoms with Crippen LogP contribution in [0.25, 0.3) is 0 Å². The molecule has 0 radical (unpaired) electrons. The van der Waals surface area contributed by atoms with Gasteiger partial charge >= 0.3 is 5.97 Å². The summed E-state index contributed by atoms with van der Waals surface area (Å²) >= 11 is 0. The molecule has 0 rings (SSSR count). The van der Waals surface area contributed by atoms with E-state index >= 15 is 0 Å². The van der Waals surface area contributed by atoms with E-state index in [0.717, 1.165) is 0 Å². The topological polar surface area (TPSA) is 37.3 Å². The first-order chi connectivity index (χ1) is 2.27. The molecule has 10 heavy (non-hydrogen) atoms. The summed E-state index contributed by atoms with van der Waals surface area (Å²) in [5, 5.41) is 7.72. The number of carboxylic acids is 1. The molecule has 2 nitrogen and oxygen atoms in total. The second kappa shape index (κ2) is 31.6. The molecule has 0 heterocycles. The van der Waals surface area contributed by atoms with E-state index in [-0.39, 0.29) is 77.8 Å². The Morgan fingerprint density at radius 2 is 1.30 bits per heavy atom. The van der Waals surface area contributed by atoms with Crippen LogP contribution in [-0.2, 0) is 26.5 Å². The van der Waals surface area contributed by atoms with Gasteiger partial charge in [0.2, 0.25) is 0 Å². The Balaban J connectivity index is -0.00000000800. The summed E-state index contributed by atoms with van der Waals surface area (Å²) in [6.07, 6.45) is 0.222. The molecule has 0 fully saturated rings. The number of carbonyl (C=O) groups is 1. The molecule has 66 valence electrons. The van der Waals surface area contributed by atoms with Crippen LogP contribution in [-0.4, -0.2) is 11.1 Å². The maximum Gasteiger partial charge on any atom is 0.303 e. The van der Waals surface area contributed by atoms with Gasteiger partial charge in [0.1, 0.15) is 0 Å². The normalized spacial score (nSPS) is 3.70. The van der Waals surface area contributed by atoms with Crippen molar-refractivity contribution in [2.24, 2.45) is 0 Å². The van der Waals surface area contributed by atoms with Crippen molar-refractivity contribution in [2.45, 2.75) is 13.3 Å². The monoisotopic (exact) mass is 266 g/mol. The summed E-state index contributed by atoms with van der Waals surface area (Å²) in [4.78, 5) is 9.37. The molecule has 1 N–H and O–H groups in total. The van der Waals surface area contributed by atoms with Gasteiger partial charge in [-0.05, 0) is 0 Å². The predicted octanol–water partition coefficient (Wildman–Crippen LogP) is 2.17. The minimum Gasteiger partial charge on any atom is -0.481 e. The van der Waals surface area contributed by atoms with E-state index in [1.165, 1.54) is 0 Å². The fourth-order valence-electron chi connectivity index (χ4n) is 0. The van der Waals surface area contributed by atoms with E-state index in [2.05, 4.69) is 0 Å². The summed E-state index contributed by atoms with van der Waals surface area (Å²) in [5.74, 6) is -0.745. The van der Waals surface area contributed by atoms with E-state index < -0.39 is 5.97 Å². The van der Waals surface area contributed by atoms with Gasteiger partial charge in [0.15, 0.2) is 0 Å². The van der Waals surface area contributed by atoms with Gasteiger partial charge in [0.25, 0.3) is 0 Å². The van der Waals surface area contributed by atoms with Crippen LogP contribution in [0.15, 0.2) is 0 Å². The third-order valence-corrected chi connectivity index (χ3v) is 0.302. The molecule has 0 atom stereocenters. The Bertz CT molecular complexity index is 53.8. The average Bonchev–Trinajstić information content (AvgIpc) is 1.38. The van der Waals surface area contributed by atoms with Crippen LogP contribution in [0.2, 0.25) is 0 Å². The van der Waals surface area contributed by atoms with E-state index in [4.69, 9.17) is 5.11 Å².